The van der Waals surface area contributed by atoms with Crippen molar-refractivity contribution in [3.63, 3.8) is 0 Å². The number of nitrogens with one attached hydrogen (secondary N) is 2. The van der Waals surface area contributed by atoms with E-state index in [1.54, 1.807) is 19.1 Å². The quantitative estimate of drug-likeness (QED) is 0.175. The lowest BCUT2D eigenvalue weighted by Gasteiger charge is -2.21. The molecule has 0 bridgehead atoms. The molecule has 0 radical (unpaired) electrons. The number of carbonyl (C=O) groups excluding carboxylic acids is 2. The number of hydrogen-bond donors (Lipinski definition) is 3. The molecular weight excluding hydrogens is 492 g/mol. The normalized spacial score (nSPS) is 11.7. The fourth-order valence-corrected chi connectivity index (χ4v) is 4.05. The Kier molecular flexibility index (Phi) is 9.33. The summed E-state index contributed by atoms with van der Waals surface area (Å²) in [7, 11) is 0. The van der Waals surface area contributed by atoms with Gasteiger partial charge in [0.25, 0.3) is 0 Å². The standard InChI is InChI=1S/C29H30N2O5.ClH/c1-4-35-29(34)24-16-23-22(14-15-25(32)27(23)31-24)28(33)26(30-18(2)3)20-10-12-21(13-11-20)36-17-19-8-6-5-7-9-19;/h5-16,18,26,30-32H,4,17H2,1-3H3;1H. The number of ketones is 1. The number of benzene rings is 3. The van der Waals surface area contributed by atoms with Crippen molar-refractivity contribution in [2.75, 3.05) is 6.61 Å². The van der Waals surface area contributed by atoms with E-state index in [9.17, 15) is 14.7 Å². The van der Waals surface area contributed by atoms with Gasteiger partial charge in [0.2, 0.25) is 0 Å². The lowest BCUT2D eigenvalue weighted by atomic mass is 9.94. The third-order valence-corrected chi connectivity index (χ3v) is 5.76. The number of Topliss-reactive ketones (excluding diaryl/α,β-unsaturated/α-hetero) is 1. The van der Waals surface area contributed by atoms with Crippen molar-refractivity contribution >= 4 is 35.1 Å². The van der Waals surface area contributed by atoms with Crippen LogP contribution in [-0.2, 0) is 11.3 Å². The van der Waals surface area contributed by atoms with Crippen molar-refractivity contribution in [3.8, 4) is 11.5 Å². The van der Waals surface area contributed by atoms with Gasteiger partial charge in [-0.1, -0.05) is 42.5 Å². The zero-order chi connectivity index (χ0) is 25.7. The Hall–Kier alpha value is -3.81. The summed E-state index contributed by atoms with van der Waals surface area (Å²) in [5, 5.41) is 14.1. The minimum absolute atomic E-state index is 0. The molecule has 0 amide bonds. The summed E-state index contributed by atoms with van der Waals surface area (Å²) in [6.07, 6.45) is 0. The lowest BCUT2D eigenvalue weighted by molar-refractivity contribution is 0.0520. The second kappa shape index (κ2) is 12.4. The average molecular weight is 523 g/mol. The number of carbonyl (C=O) groups is 2. The van der Waals surface area contributed by atoms with E-state index >= 15 is 0 Å². The first-order valence-corrected chi connectivity index (χ1v) is 12.0. The van der Waals surface area contributed by atoms with E-state index in [1.807, 2.05) is 68.4 Å². The molecule has 8 heteroatoms. The molecular formula is C29H31ClN2O5. The minimum atomic E-state index is -0.637. The number of hydrogen-bond acceptors (Lipinski definition) is 6. The van der Waals surface area contributed by atoms with Gasteiger partial charge in [0.1, 0.15) is 23.8 Å². The largest absolute Gasteiger partial charge is 0.506 e. The molecule has 0 aliphatic heterocycles. The summed E-state index contributed by atoms with van der Waals surface area (Å²) < 4.78 is 11.0. The molecule has 1 unspecified atom stereocenters. The molecule has 0 saturated carbocycles. The van der Waals surface area contributed by atoms with Crippen LogP contribution in [0.15, 0.2) is 72.8 Å². The number of aromatic nitrogens is 1. The van der Waals surface area contributed by atoms with Crippen molar-refractivity contribution in [1.29, 1.82) is 0 Å². The average Bonchev–Trinajstić information content (AvgIpc) is 3.34. The van der Waals surface area contributed by atoms with Crippen LogP contribution in [0.1, 0.15) is 58.8 Å². The molecule has 1 aromatic heterocycles. The number of fused-ring (bicyclic) bond motifs is 1. The second-order valence-electron chi connectivity index (χ2n) is 8.79. The first kappa shape index (κ1) is 27.8. The van der Waals surface area contributed by atoms with Gasteiger partial charge in [0, 0.05) is 17.0 Å². The Balaban J connectivity index is 0.00000380. The lowest BCUT2D eigenvalue weighted by Crippen LogP contribution is -2.33. The Morgan fingerprint density at radius 3 is 2.35 bits per heavy atom. The second-order valence-corrected chi connectivity index (χ2v) is 8.79. The highest BCUT2D eigenvalue weighted by atomic mass is 35.5. The predicted octanol–water partition coefficient (Wildman–Crippen LogP) is 5.97. The van der Waals surface area contributed by atoms with Crippen molar-refractivity contribution in [1.82, 2.24) is 10.3 Å². The number of phenolic OH excluding ortho intramolecular Hbond substituents is 1. The molecule has 3 N–H and O–H groups in total. The van der Waals surface area contributed by atoms with Gasteiger partial charge >= 0.3 is 5.97 Å². The zero-order valence-corrected chi connectivity index (χ0v) is 21.8. The Bertz CT molecular complexity index is 1350. The van der Waals surface area contributed by atoms with Crippen LogP contribution in [0.2, 0.25) is 0 Å². The predicted molar refractivity (Wildman–Crippen MR) is 146 cm³/mol. The molecule has 0 spiro atoms. The van der Waals surface area contributed by atoms with Gasteiger partial charge in [0.05, 0.1) is 18.2 Å². The third kappa shape index (κ3) is 6.50. The van der Waals surface area contributed by atoms with Gasteiger partial charge in [-0.3, -0.25) is 4.79 Å². The van der Waals surface area contributed by atoms with Crippen LogP contribution in [-0.4, -0.2) is 34.5 Å². The maximum Gasteiger partial charge on any atom is 0.354 e. The van der Waals surface area contributed by atoms with Crippen LogP contribution in [0.3, 0.4) is 0 Å². The highest BCUT2D eigenvalue weighted by molar-refractivity contribution is 6.12. The molecule has 0 aliphatic rings. The summed E-state index contributed by atoms with van der Waals surface area (Å²) in [4.78, 5) is 28.9. The fraction of sp³-hybridized carbons (Fsp3) is 0.241. The summed E-state index contributed by atoms with van der Waals surface area (Å²) in [6, 6.07) is 21.3. The molecule has 0 saturated heterocycles. The first-order chi connectivity index (χ1) is 17.4. The van der Waals surface area contributed by atoms with E-state index in [2.05, 4.69) is 10.3 Å². The number of aromatic hydroxyl groups is 1. The van der Waals surface area contributed by atoms with Gasteiger partial charge in [-0.25, -0.2) is 4.79 Å². The van der Waals surface area contributed by atoms with Gasteiger partial charge < -0.3 is 24.9 Å². The number of phenols is 1. The molecule has 4 rings (SSSR count). The monoisotopic (exact) mass is 522 g/mol. The van der Waals surface area contributed by atoms with Crippen LogP contribution in [0.25, 0.3) is 10.9 Å². The molecule has 194 valence electrons. The van der Waals surface area contributed by atoms with E-state index in [-0.39, 0.29) is 42.3 Å². The van der Waals surface area contributed by atoms with Gasteiger partial charge in [-0.2, -0.15) is 0 Å². The van der Waals surface area contributed by atoms with Crippen LogP contribution in [0.4, 0.5) is 0 Å². The molecule has 0 aliphatic carbocycles. The van der Waals surface area contributed by atoms with Gasteiger partial charge in [-0.15, -0.1) is 12.4 Å². The summed E-state index contributed by atoms with van der Waals surface area (Å²) in [6.45, 7) is 6.33. The Labute approximate surface area is 222 Å². The highest BCUT2D eigenvalue weighted by Gasteiger charge is 2.26. The van der Waals surface area contributed by atoms with E-state index in [4.69, 9.17) is 9.47 Å². The summed E-state index contributed by atoms with van der Waals surface area (Å²) >= 11 is 0. The van der Waals surface area contributed by atoms with Crippen molar-refractivity contribution in [2.24, 2.45) is 0 Å². The zero-order valence-electron chi connectivity index (χ0n) is 21.0. The minimum Gasteiger partial charge on any atom is -0.506 e. The van der Waals surface area contributed by atoms with Crippen LogP contribution >= 0.6 is 12.4 Å². The third-order valence-electron chi connectivity index (χ3n) is 5.76. The summed E-state index contributed by atoms with van der Waals surface area (Å²) in [5.41, 5.74) is 2.73. The molecule has 7 nitrogen and oxygen atoms in total. The maximum absolute atomic E-state index is 13.8. The smallest absolute Gasteiger partial charge is 0.354 e. The molecule has 1 heterocycles. The van der Waals surface area contributed by atoms with E-state index < -0.39 is 12.0 Å². The highest BCUT2D eigenvalue weighted by Crippen LogP contribution is 2.32. The van der Waals surface area contributed by atoms with E-state index in [1.165, 1.54) is 6.07 Å². The van der Waals surface area contributed by atoms with Crippen LogP contribution < -0.4 is 10.1 Å². The number of esters is 1. The molecule has 0 fully saturated rings. The first-order valence-electron chi connectivity index (χ1n) is 12.0. The van der Waals surface area contributed by atoms with Crippen LogP contribution in [0.5, 0.6) is 11.5 Å². The van der Waals surface area contributed by atoms with Crippen molar-refractivity contribution < 1.29 is 24.2 Å². The number of ether oxygens (including phenoxy) is 2. The molecule has 3 aromatic carbocycles. The number of aromatic amines is 1. The number of H-pyrrole nitrogens is 1. The van der Waals surface area contributed by atoms with E-state index in [0.717, 1.165) is 11.1 Å². The maximum atomic E-state index is 13.8. The van der Waals surface area contributed by atoms with Crippen molar-refractivity contribution in [3.05, 3.63) is 95.2 Å². The van der Waals surface area contributed by atoms with Gasteiger partial charge in [-0.05, 0) is 62.2 Å². The van der Waals surface area contributed by atoms with Gasteiger partial charge in [0.15, 0.2) is 5.78 Å². The Morgan fingerprint density at radius 1 is 1.00 bits per heavy atom. The van der Waals surface area contributed by atoms with E-state index in [0.29, 0.717) is 28.8 Å². The Morgan fingerprint density at radius 2 is 1.70 bits per heavy atom. The SMILES string of the molecule is CCOC(=O)c1cc2c(C(=O)C(NC(C)C)c3ccc(OCc4ccccc4)cc3)ccc(O)c2[nH]1.Cl. The molecule has 4 aromatic rings. The molecule has 37 heavy (non-hydrogen) atoms. The fourth-order valence-electron chi connectivity index (χ4n) is 4.05. The van der Waals surface area contributed by atoms with Crippen LogP contribution in [0, 0.1) is 0 Å². The number of halogens is 1. The molecule has 1 atom stereocenters. The topological polar surface area (TPSA) is 101 Å². The summed E-state index contributed by atoms with van der Waals surface area (Å²) in [5.74, 6) is -0.0732. The van der Waals surface area contributed by atoms with Crippen molar-refractivity contribution in [2.45, 2.75) is 39.5 Å². The number of rotatable bonds is 10.